The highest BCUT2D eigenvalue weighted by Gasteiger charge is 2.24. The van der Waals surface area contributed by atoms with E-state index in [-0.39, 0.29) is 17.2 Å². The molecular weight excluding hydrogens is 318 g/mol. The first-order valence-corrected chi connectivity index (χ1v) is 7.47. The van der Waals surface area contributed by atoms with Gasteiger partial charge in [-0.05, 0) is 25.0 Å². The van der Waals surface area contributed by atoms with E-state index in [0.29, 0.717) is 0 Å². The van der Waals surface area contributed by atoms with E-state index in [0.717, 1.165) is 25.7 Å². The molecule has 2 amide bonds. The molecule has 0 aromatic heterocycles. The van der Waals surface area contributed by atoms with Crippen LogP contribution in [0, 0.1) is 16.0 Å². The van der Waals surface area contributed by atoms with Crippen molar-refractivity contribution in [1.82, 2.24) is 10.9 Å². The van der Waals surface area contributed by atoms with Crippen molar-refractivity contribution in [2.75, 3.05) is 6.61 Å². The summed E-state index contributed by atoms with van der Waals surface area (Å²) in [6.07, 6.45) is 3.52. The third-order valence-electron chi connectivity index (χ3n) is 3.69. The number of amides is 2. The lowest BCUT2D eigenvalue weighted by molar-refractivity contribution is -0.384. The highest BCUT2D eigenvalue weighted by atomic mass is 16.6. The van der Waals surface area contributed by atoms with Crippen LogP contribution in [0.5, 0.6) is 0 Å². The van der Waals surface area contributed by atoms with Gasteiger partial charge in [0.2, 0.25) is 0 Å². The number of rotatable bonds is 5. The largest absolute Gasteiger partial charge is 0.455 e. The number of hydrogen-bond acceptors (Lipinski definition) is 6. The van der Waals surface area contributed by atoms with Gasteiger partial charge >= 0.3 is 5.97 Å². The Labute approximate surface area is 137 Å². The van der Waals surface area contributed by atoms with Gasteiger partial charge in [0.25, 0.3) is 17.5 Å². The van der Waals surface area contributed by atoms with Gasteiger partial charge in [-0.25, -0.2) is 0 Å². The van der Waals surface area contributed by atoms with Crippen molar-refractivity contribution in [2.24, 2.45) is 5.92 Å². The van der Waals surface area contributed by atoms with E-state index >= 15 is 0 Å². The average molecular weight is 335 g/mol. The molecule has 24 heavy (non-hydrogen) atoms. The Hall–Kier alpha value is -2.97. The van der Waals surface area contributed by atoms with Crippen molar-refractivity contribution in [3.05, 3.63) is 39.9 Å². The molecule has 2 rings (SSSR count). The first-order valence-electron chi connectivity index (χ1n) is 7.47. The lowest BCUT2D eigenvalue weighted by Gasteiger charge is -2.10. The van der Waals surface area contributed by atoms with E-state index in [9.17, 15) is 24.5 Å². The van der Waals surface area contributed by atoms with E-state index < -0.39 is 29.3 Å². The Morgan fingerprint density at radius 2 is 1.75 bits per heavy atom. The van der Waals surface area contributed by atoms with Gasteiger partial charge in [0.15, 0.2) is 6.61 Å². The van der Waals surface area contributed by atoms with Crippen LogP contribution < -0.4 is 10.9 Å². The summed E-state index contributed by atoms with van der Waals surface area (Å²) < 4.78 is 4.89. The zero-order valence-corrected chi connectivity index (χ0v) is 12.8. The summed E-state index contributed by atoms with van der Waals surface area (Å²) in [7, 11) is 0. The van der Waals surface area contributed by atoms with Gasteiger partial charge < -0.3 is 4.74 Å². The van der Waals surface area contributed by atoms with E-state index in [2.05, 4.69) is 10.9 Å². The number of carbonyl (C=O) groups excluding carboxylic acids is 3. The van der Waals surface area contributed by atoms with Crippen molar-refractivity contribution in [3.63, 3.8) is 0 Å². The number of hydrazine groups is 1. The number of nitrogens with one attached hydrogen (secondary N) is 2. The highest BCUT2D eigenvalue weighted by Crippen LogP contribution is 2.25. The molecule has 1 fully saturated rings. The highest BCUT2D eigenvalue weighted by molar-refractivity contribution is 5.95. The number of carbonyl (C=O) groups is 3. The standard InChI is InChI=1S/C15H17N3O6/c19-13(9-24-15(21)11-3-1-2-4-11)16-17-14(20)10-5-7-12(8-6-10)18(22)23/h5-8,11H,1-4,9H2,(H,16,19)(H,17,20). The quantitative estimate of drug-likeness (QED) is 0.471. The van der Waals surface area contributed by atoms with Gasteiger partial charge in [0, 0.05) is 17.7 Å². The van der Waals surface area contributed by atoms with Gasteiger partial charge in [-0.2, -0.15) is 0 Å². The van der Waals surface area contributed by atoms with Crippen molar-refractivity contribution in [3.8, 4) is 0 Å². The zero-order chi connectivity index (χ0) is 17.5. The number of ether oxygens (including phenoxy) is 1. The lowest BCUT2D eigenvalue weighted by Crippen LogP contribution is -2.43. The molecule has 9 heteroatoms. The second-order valence-corrected chi connectivity index (χ2v) is 5.40. The van der Waals surface area contributed by atoms with Gasteiger partial charge in [0.1, 0.15) is 0 Å². The minimum atomic E-state index is -0.670. The zero-order valence-electron chi connectivity index (χ0n) is 12.8. The molecule has 0 heterocycles. The number of esters is 1. The maximum atomic E-state index is 11.8. The van der Waals surface area contributed by atoms with Gasteiger partial charge in [-0.1, -0.05) is 12.8 Å². The van der Waals surface area contributed by atoms with Gasteiger partial charge in [-0.3, -0.25) is 35.3 Å². The normalized spacial score (nSPS) is 14.0. The van der Waals surface area contributed by atoms with E-state index in [1.807, 2.05) is 0 Å². The van der Waals surface area contributed by atoms with Crippen molar-refractivity contribution in [2.45, 2.75) is 25.7 Å². The fourth-order valence-electron chi connectivity index (χ4n) is 2.39. The summed E-state index contributed by atoms with van der Waals surface area (Å²) >= 11 is 0. The molecule has 1 aliphatic rings. The number of hydrogen-bond donors (Lipinski definition) is 2. The van der Waals surface area contributed by atoms with Crippen LogP contribution in [-0.2, 0) is 14.3 Å². The second kappa shape index (κ2) is 8.04. The Balaban J connectivity index is 1.73. The smallest absolute Gasteiger partial charge is 0.309 e. The van der Waals surface area contributed by atoms with Crippen LogP contribution in [0.1, 0.15) is 36.0 Å². The molecule has 1 saturated carbocycles. The minimum absolute atomic E-state index is 0.142. The fraction of sp³-hybridized carbons (Fsp3) is 0.400. The molecule has 0 aliphatic heterocycles. The van der Waals surface area contributed by atoms with Crippen molar-refractivity contribution >= 4 is 23.5 Å². The molecule has 0 radical (unpaired) electrons. The predicted molar refractivity (Wildman–Crippen MR) is 81.6 cm³/mol. The van der Waals surface area contributed by atoms with Crippen LogP contribution in [0.25, 0.3) is 0 Å². The van der Waals surface area contributed by atoms with Gasteiger partial charge in [-0.15, -0.1) is 0 Å². The molecule has 1 aliphatic carbocycles. The fourth-order valence-corrected chi connectivity index (χ4v) is 2.39. The predicted octanol–water partition coefficient (Wildman–Crippen LogP) is 1.09. The maximum absolute atomic E-state index is 11.8. The third-order valence-corrected chi connectivity index (χ3v) is 3.69. The third kappa shape index (κ3) is 4.77. The first kappa shape index (κ1) is 17.4. The number of non-ortho nitro benzene ring substituents is 1. The van der Waals surface area contributed by atoms with Crippen LogP contribution in [0.3, 0.4) is 0 Å². The first-order chi connectivity index (χ1) is 11.5. The van der Waals surface area contributed by atoms with Crippen LogP contribution in [0.2, 0.25) is 0 Å². The molecule has 0 bridgehead atoms. The Bertz CT molecular complexity index is 637. The molecule has 1 aromatic carbocycles. The molecular formula is C15H17N3O6. The number of benzene rings is 1. The Morgan fingerprint density at radius 3 is 2.33 bits per heavy atom. The SMILES string of the molecule is O=C(COC(=O)C1CCCC1)NNC(=O)c1ccc([N+](=O)[O-])cc1. The van der Waals surface area contributed by atoms with Crippen LogP contribution in [0.15, 0.2) is 24.3 Å². The lowest BCUT2D eigenvalue weighted by atomic mass is 10.1. The summed E-state index contributed by atoms with van der Waals surface area (Å²) in [4.78, 5) is 44.9. The molecule has 1 aromatic rings. The number of nitro groups is 1. The summed E-state index contributed by atoms with van der Waals surface area (Å²) in [6.45, 7) is -0.476. The molecule has 0 unspecified atom stereocenters. The molecule has 0 atom stereocenters. The van der Waals surface area contributed by atoms with E-state index in [4.69, 9.17) is 4.74 Å². The topological polar surface area (TPSA) is 128 Å². The summed E-state index contributed by atoms with van der Waals surface area (Å²) in [6, 6.07) is 4.89. The average Bonchev–Trinajstić information content (AvgIpc) is 3.12. The summed E-state index contributed by atoms with van der Waals surface area (Å²) in [5.74, 6) is -1.85. The molecule has 0 saturated heterocycles. The molecule has 2 N–H and O–H groups in total. The van der Waals surface area contributed by atoms with Crippen molar-refractivity contribution in [1.29, 1.82) is 0 Å². The minimum Gasteiger partial charge on any atom is -0.455 e. The second-order valence-electron chi connectivity index (χ2n) is 5.40. The number of nitro benzene ring substituents is 1. The molecule has 0 spiro atoms. The Kier molecular flexibility index (Phi) is 5.83. The maximum Gasteiger partial charge on any atom is 0.309 e. The van der Waals surface area contributed by atoms with Crippen LogP contribution in [0.4, 0.5) is 5.69 Å². The molecule has 9 nitrogen and oxygen atoms in total. The monoisotopic (exact) mass is 335 g/mol. The van der Waals surface area contributed by atoms with Gasteiger partial charge in [0.05, 0.1) is 10.8 Å². The summed E-state index contributed by atoms with van der Waals surface area (Å²) in [5.41, 5.74) is 4.25. The summed E-state index contributed by atoms with van der Waals surface area (Å²) in [5, 5.41) is 10.5. The Morgan fingerprint density at radius 1 is 1.12 bits per heavy atom. The van der Waals surface area contributed by atoms with E-state index in [1.165, 1.54) is 24.3 Å². The van der Waals surface area contributed by atoms with Crippen LogP contribution in [-0.4, -0.2) is 29.3 Å². The number of nitrogens with zero attached hydrogens (tertiary/aromatic N) is 1. The van der Waals surface area contributed by atoms with Crippen LogP contribution >= 0.6 is 0 Å². The van der Waals surface area contributed by atoms with E-state index in [1.54, 1.807) is 0 Å². The molecule has 128 valence electrons. The van der Waals surface area contributed by atoms with Crippen molar-refractivity contribution < 1.29 is 24.0 Å².